The average Bonchev–Trinajstić information content (AvgIpc) is 3.25. The highest BCUT2D eigenvalue weighted by Gasteiger charge is 2.18. The normalized spacial score (nSPS) is 14.5. The van der Waals surface area contributed by atoms with Gasteiger partial charge in [0, 0.05) is 17.8 Å². The summed E-state index contributed by atoms with van der Waals surface area (Å²) in [5.74, 6) is 2.14. The van der Waals surface area contributed by atoms with Crippen LogP contribution in [-0.4, -0.2) is 32.9 Å². The van der Waals surface area contributed by atoms with E-state index in [9.17, 15) is 0 Å². The molecule has 1 fully saturated rings. The molecule has 2 aromatic carbocycles. The summed E-state index contributed by atoms with van der Waals surface area (Å²) in [6.45, 7) is 0. The summed E-state index contributed by atoms with van der Waals surface area (Å²) in [4.78, 5) is 9.68. The zero-order chi connectivity index (χ0) is 21.0. The molecule has 0 spiro atoms. The third kappa shape index (κ3) is 4.17. The number of nitrogens with one attached hydrogen (secondary N) is 2. The van der Waals surface area contributed by atoms with E-state index in [2.05, 4.69) is 15.7 Å². The largest absolute Gasteiger partial charge is 0.497 e. The fraction of sp³-hybridized carbons (Fsp3) is 0.292. The van der Waals surface area contributed by atoms with Gasteiger partial charge >= 0.3 is 0 Å². The molecule has 7 heteroatoms. The van der Waals surface area contributed by atoms with E-state index in [0.717, 1.165) is 46.8 Å². The molecule has 1 aliphatic carbocycles. The Balaban J connectivity index is 1.57. The van der Waals surface area contributed by atoms with Crippen molar-refractivity contribution in [1.82, 2.24) is 19.7 Å². The number of ether oxygens (including phenoxy) is 1. The molecule has 158 valence electrons. The highest BCUT2D eigenvalue weighted by molar-refractivity contribution is 5.90. The number of para-hydroxylation sites is 1. The van der Waals surface area contributed by atoms with Crippen molar-refractivity contribution in [3.63, 3.8) is 0 Å². The summed E-state index contributed by atoms with van der Waals surface area (Å²) >= 11 is 0. The predicted molar refractivity (Wildman–Crippen MR) is 123 cm³/mol. The second-order valence-corrected chi connectivity index (χ2v) is 7.86. The molecule has 31 heavy (non-hydrogen) atoms. The summed E-state index contributed by atoms with van der Waals surface area (Å²) in [6, 6.07) is 18.3. The number of fused-ring (bicyclic) bond motifs is 1. The Morgan fingerprint density at radius 3 is 2.61 bits per heavy atom. The molecule has 0 atom stereocenters. The third-order valence-electron chi connectivity index (χ3n) is 5.70. The molecule has 1 saturated carbocycles. The summed E-state index contributed by atoms with van der Waals surface area (Å²) in [7, 11) is 1.66. The minimum absolute atomic E-state index is 0.406. The maximum absolute atomic E-state index is 5.36. The van der Waals surface area contributed by atoms with Crippen LogP contribution in [0.3, 0.4) is 0 Å². The molecule has 4 aromatic rings. The lowest BCUT2D eigenvalue weighted by molar-refractivity contribution is 0.415. The molecule has 2 N–H and O–H groups in total. The minimum atomic E-state index is 0.406. The lowest BCUT2D eigenvalue weighted by Gasteiger charge is -2.23. The van der Waals surface area contributed by atoms with Crippen LogP contribution in [0.1, 0.15) is 32.1 Å². The average molecular weight is 415 g/mol. The first kappa shape index (κ1) is 19.4. The molecule has 5 rings (SSSR count). The Labute approximate surface area is 181 Å². The van der Waals surface area contributed by atoms with Gasteiger partial charge in [0.15, 0.2) is 5.65 Å². The monoisotopic (exact) mass is 414 g/mol. The van der Waals surface area contributed by atoms with E-state index in [-0.39, 0.29) is 0 Å². The van der Waals surface area contributed by atoms with E-state index >= 15 is 0 Å². The van der Waals surface area contributed by atoms with E-state index in [1.807, 2.05) is 65.5 Å². The van der Waals surface area contributed by atoms with Gasteiger partial charge in [-0.1, -0.05) is 43.5 Å². The molecule has 0 amide bonds. The molecular weight excluding hydrogens is 388 g/mol. The second kappa shape index (κ2) is 8.63. The first-order valence-electron chi connectivity index (χ1n) is 10.8. The van der Waals surface area contributed by atoms with E-state index in [1.54, 1.807) is 7.11 Å². The fourth-order valence-electron chi connectivity index (χ4n) is 4.09. The number of hydrogen-bond donors (Lipinski definition) is 2. The van der Waals surface area contributed by atoms with E-state index in [0.29, 0.717) is 12.0 Å². The predicted octanol–water partition coefficient (Wildman–Crippen LogP) is 5.31. The van der Waals surface area contributed by atoms with Crippen molar-refractivity contribution < 1.29 is 4.74 Å². The first-order chi connectivity index (χ1) is 15.3. The number of hydrogen-bond acceptors (Lipinski definition) is 6. The van der Waals surface area contributed by atoms with Gasteiger partial charge in [-0.25, -0.2) is 4.68 Å². The second-order valence-electron chi connectivity index (χ2n) is 7.86. The van der Waals surface area contributed by atoms with Gasteiger partial charge < -0.3 is 15.4 Å². The zero-order valence-electron chi connectivity index (χ0n) is 17.6. The van der Waals surface area contributed by atoms with E-state index in [4.69, 9.17) is 14.7 Å². The van der Waals surface area contributed by atoms with Gasteiger partial charge in [-0.3, -0.25) is 0 Å². The number of anilines is 3. The van der Waals surface area contributed by atoms with Crippen molar-refractivity contribution >= 4 is 28.5 Å². The van der Waals surface area contributed by atoms with Crippen LogP contribution in [0, 0.1) is 0 Å². The van der Waals surface area contributed by atoms with Crippen molar-refractivity contribution in [3.05, 3.63) is 60.8 Å². The van der Waals surface area contributed by atoms with Crippen molar-refractivity contribution in [2.45, 2.75) is 38.1 Å². The lowest BCUT2D eigenvalue weighted by Crippen LogP contribution is -2.23. The number of methoxy groups -OCH3 is 1. The van der Waals surface area contributed by atoms with Crippen molar-refractivity contribution in [3.8, 4) is 11.4 Å². The molecular formula is C24H26N6O. The fourth-order valence-corrected chi connectivity index (χ4v) is 4.09. The Morgan fingerprint density at radius 1 is 0.968 bits per heavy atom. The number of aromatic nitrogens is 4. The van der Waals surface area contributed by atoms with Crippen LogP contribution < -0.4 is 15.4 Å². The van der Waals surface area contributed by atoms with Crippen LogP contribution in [0.5, 0.6) is 5.75 Å². The van der Waals surface area contributed by atoms with Crippen molar-refractivity contribution in [1.29, 1.82) is 0 Å². The van der Waals surface area contributed by atoms with Crippen LogP contribution in [0.2, 0.25) is 0 Å². The smallest absolute Gasteiger partial charge is 0.226 e. The molecule has 2 aromatic heterocycles. The topological polar surface area (TPSA) is 76.9 Å². The first-order valence-corrected chi connectivity index (χ1v) is 10.8. The molecule has 0 bridgehead atoms. The number of rotatable bonds is 6. The van der Waals surface area contributed by atoms with Gasteiger partial charge in [-0.2, -0.15) is 15.1 Å². The molecule has 0 saturated heterocycles. The maximum atomic E-state index is 5.36. The highest BCUT2D eigenvalue weighted by Crippen LogP contribution is 2.29. The summed E-state index contributed by atoms with van der Waals surface area (Å²) < 4.78 is 7.23. The molecule has 0 unspecified atom stereocenters. The Bertz CT molecular complexity index is 1170. The summed E-state index contributed by atoms with van der Waals surface area (Å²) in [6.07, 6.45) is 7.92. The van der Waals surface area contributed by atoms with Gasteiger partial charge in [0.05, 0.1) is 24.4 Å². The van der Waals surface area contributed by atoms with Gasteiger partial charge in [0.25, 0.3) is 0 Å². The maximum Gasteiger partial charge on any atom is 0.226 e. The highest BCUT2D eigenvalue weighted by atomic mass is 16.5. The van der Waals surface area contributed by atoms with Gasteiger partial charge in [0.2, 0.25) is 5.95 Å². The van der Waals surface area contributed by atoms with Crippen molar-refractivity contribution in [2.75, 3.05) is 17.7 Å². The van der Waals surface area contributed by atoms with Crippen LogP contribution >= 0.6 is 0 Å². The molecule has 7 nitrogen and oxygen atoms in total. The van der Waals surface area contributed by atoms with Gasteiger partial charge in [-0.15, -0.1) is 0 Å². The van der Waals surface area contributed by atoms with Crippen LogP contribution in [0.4, 0.5) is 17.5 Å². The van der Waals surface area contributed by atoms with Crippen LogP contribution in [0.25, 0.3) is 16.7 Å². The quantitative estimate of drug-likeness (QED) is 0.445. The van der Waals surface area contributed by atoms with Crippen LogP contribution in [-0.2, 0) is 0 Å². The van der Waals surface area contributed by atoms with E-state index < -0.39 is 0 Å². The molecule has 0 aliphatic heterocycles. The Hall–Kier alpha value is -3.61. The Kier molecular flexibility index (Phi) is 5.39. The Morgan fingerprint density at radius 2 is 1.81 bits per heavy atom. The molecule has 2 heterocycles. The molecule has 1 aliphatic rings. The summed E-state index contributed by atoms with van der Waals surface area (Å²) in [5.41, 5.74) is 2.63. The van der Waals surface area contributed by atoms with Gasteiger partial charge in [0.1, 0.15) is 11.6 Å². The zero-order valence-corrected chi connectivity index (χ0v) is 17.6. The molecule has 0 radical (unpaired) electrons. The number of nitrogens with zero attached hydrogens (tertiary/aromatic N) is 4. The lowest BCUT2D eigenvalue weighted by atomic mass is 9.96. The van der Waals surface area contributed by atoms with Gasteiger partial charge in [-0.05, 0) is 37.1 Å². The number of benzene rings is 2. The minimum Gasteiger partial charge on any atom is -0.497 e. The van der Waals surface area contributed by atoms with Crippen LogP contribution in [0.15, 0.2) is 60.8 Å². The third-order valence-corrected chi connectivity index (χ3v) is 5.70. The SMILES string of the molecule is COc1cccc(Nc2nc(NC3CCCCC3)nc3c2cnn3-c2ccccc2)c1. The van der Waals surface area contributed by atoms with Crippen molar-refractivity contribution in [2.24, 2.45) is 0 Å². The standard InChI is InChI=1S/C24H26N6O/c1-31-20-14-8-11-18(15-20)26-22-21-16-25-30(19-12-6-3-7-13-19)23(21)29-24(28-22)27-17-9-4-2-5-10-17/h3,6-8,11-17H,2,4-5,9-10H2,1H3,(H2,26,27,28,29). The van der Waals surface area contributed by atoms with E-state index in [1.165, 1.54) is 19.3 Å². The summed E-state index contributed by atoms with van der Waals surface area (Å²) in [5, 5.41) is 12.5.